The first-order valence-electron chi connectivity index (χ1n) is 4.29. The second-order valence-electron chi connectivity index (χ2n) is 3.14. The van der Waals surface area contributed by atoms with Crippen LogP contribution in [0.1, 0.15) is 0 Å². The van der Waals surface area contributed by atoms with Gasteiger partial charge in [0, 0.05) is 14.1 Å². The van der Waals surface area contributed by atoms with E-state index in [4.69, 9.17) is 5.73 Å². The standard InChI is InChI=1S/C8H13N5O2/c1-13(2)5(14)3-10-7-6(9)8(15)12-4-11-7/h4H,3,9H2,1-2H3,(H2,10,11,12,15). The molecule has 0 aliphatic rings. The van der Waals surface area contributed by atoms with Gasteiger partial charge in [-0.05, 0) is 0 Å². The summed E-state index contributed by atoms with van der Waals surface area (Å²) in [5, 5.41) is 2.69. The zero-order valence-corrected chi connectivity index (χ0v) is 8.57. The average Bonchev–Trinajstić information content (AvgIpc) is 2.19. The van der Waals surface area contributed by atoms with Gasteiger partial charge in [0.05, 0.1) is 12.9 Å². The van der Waals surface area contributed by atoms with Crippen molar-refractivity contribution in [3.05, 3.63) is 16.7 Å². The molecule has 0 aromatic carbocycles. The lowest BCUT2D eigenvalue weighted by atomic mass is 10.4. The molecule has 82 valence electrons. The van der Waals surface area contributed by atoms with Crippen molar-refractivity contribution in [2.75, 3.05) is 31.7 Å². The van der Waals surface area contributed by atoms with E-state index in [2.05, 4.69) is 15.3 Å². The van der Waals surface area contributed by atoms with Crippen LogP contribution >= 0.6 is 0 Å². The number of amides is 1. The predicted molar refractivity (Wildman–Crippen MR) is 56.5 cm³/mol. The Bertz CT molecular complexity index is 412. The Hall–Kier alpha value is -2.05. The van der Waals surface area contributed by atoms with Crippen molar-refractivity contribution in [3.63, 3.8) is 0 Å². The molecule has 7 nitrogen and oxygen atoms in total. The topological polar surface area (TPSA) is 104 Å². The summed E-state index contributed by atoms with van der Waals surface area (Å²) in [7, 11) is 3.27. The molecule has 0 bridgehead atoms. The SMILES string of the molecule is CN(C)C(=O)CNc1nc[nH]c(=O)c1N. The van der Waals surface area contributed by atoms with E-state index in [9.17, 15) is 9.59 Å². The molecule has 1 aromatic rings. The number of rotatable bonds is 3. The highest BCUT2D eigenvalue weighted by atomic mass is 16.2. The maximum Gasteiger partial charge on any atom is 0.276 e. The molecule has 1 heterocycles. The molecule has 0 fully saturated rings. The van der Waals surface area contributed by atoms with Crippen LogP contribution in [-0.4, -0.2) is 41.4 Å². The van der Waals surface area contributed by atoms with Crippen LogP contribution in [0.15, 0.2) is 11.1 Å². The molecular formula is C8H13N5O2. The highest BCUT2D eigenvalue weighted by molar-refractivity contribution is 5.80. The van der Waals surface area contributed by atoms with Crippen molar-refractivity contribution in [3.8, 4) is 0 Å². The van der Waals surface area contributed by atoms with E-state index in [-0.39, 0.29) is 24.0 Å². The van der Waals surface area contributed by atoms with E-state index in [1.165, 1.54) is 11.2 Å². The zero-order valence-electron chi connectivity index (χ0n) is 8.57. The second kappa shape index (κ2) is 4.45. The third kappa shape index (κ3) is 2.70. The van der Waals surface area contributed by atoms with Crippen LogP contribution in [0.4, 0.5) is 11.5 Å². The van der Waals surface area contributed by atoms with Crippen LogP contribution in [0.3, 0.4) is 0 Å². The van der Waals surface area contributed by atoms with E-state index in [0.29, 0.717) is 0 Å². The fourth-order valence-electron chi connectivity index (χ4n) is 0.869. The van der Waals surface area contributed by atoms with E-state index in [1.807, 2.05) is 0 Å². The number of nitrogens with one attached hydrogen (secondary N) is 2. The van der Waals surface area contributed by atoms with Crippen LogP contribution in [0.25, 0.3) is 0 Å². The monoisotopic (exact) mass is 211 g/mol. The summed E-state index contributed by atoms with van der Waals surface area (Å²) in [5.74, 6) is 0.0884. The van der Waals surface area contributed by atoms with Gasteiger partial charge in [-0.2, -0.15) is 0 Å². The van der Waals surface area contributed by atoms with Crippen LogP contribution in [0.2, 0.25) is 0 Å². The fraction of sp³-hybridized carbons (Fsp3) is 0.375. The summed E-state index contributed by atoms with van der Waals surface area (Å²) in [6.45, 7) is 0.0493. The normalized spacial score (nSPS) is 9.73. The molecule has 1 rings (SSSR count). The van der Waals surface area contributed by atoms with Crippen LogP contribution in [0.5, 0.6) is 0 Å². The van der Waals surface area contributed by atoms with Gasteiger partial charge in [-0.15, -0.1) is 0 Å². The number of H-pyrrole nitrogens is 1. The summed E-state index contributed by atoms with van der Waals surface area (Å²) in [6, 6.07) is 0. The second-order valence-corrected chi connectivity index (χ2v) is 3.14. The van der Waals surface area contributed by atoms with E-state index < -0.39 is 5.56 Å². The number of carbonyl (C=O) groups is 1. The fourth-order valence-corrected chi connectivity index (χ4v) is 0.869. The number of likely N-dealkylation sites (N-methyl/N-ethyl adjacent to an activating group) is 1. The molecule has 7 heteroatoms. The van der Waals surface area contributed by atoms with Crippen LogP contribution in [-0.2, 0) is 4.79 Å². The molecule has 1 amide bonds. The van der Waals surface area contributed by atoms with Gasteiger partial charge in [0.25, 0.3) is 5.56 Å². The maximum atomic E-state index is 11.2. The molecule has 0 radical (unpaired) electrons. The van der Waals surface area contributed by atoms with Gasteiger partial charge in [0.1, 0.15) is 5.69 Å². The molecule has 0 unspecified atom stereocenters. The third-order valence-electron chi connectivity index (χ3n) is 1.79. The summed E-state index contributed by atoms with van der Waals surface area (Å²) in [4.78, 5) is 29.8. The number of nitrogens with two attached hydrogens (primary N) is 1. The molecule has 15 heavy (non-hydrogen) atoms. The maximum absolute atomic E-state index is 11.2. The molecule has 0 atom stereocenters. The molecule has 0 spiro atoms. The molecule has 0 aliphatic carbocycles. The Labute approximate surface area is 86.3 Å². The lowest BCUT2D eigenvalue weighted by Crippen LogP contribution is -2.29. The van der Waals surface area contributed by atoms with E-state index in [1.54, 1.807) is 14.1 Å². The lowest BCUT2D eigenvalue weighted by Gasteiger charge is -2.11. The van der Waals surface area contributed by atoms with Crippen molar-refractivity contribution < 1.29 is 4.79 Å². The summed E-state index contributed by atoms with van der Waals surface area (Å²) in [5.41, 5.74) is 5.00. The van der Waals surface area contributed by atoms with Gasteiger partial charge in [-0.3, -0.25) is 9.59 Å². The molecule has 0 aliphatic heterocycles. The zero-order chi connectivity index (χ0) is 11.4. The third-order valence-corrected chi connectivity index (χ3v) is 1.79. The number of aromatic nitrogens is 2. The molecule has 0 saturated carbocycles. The first-order chi connectivity index (χ1) is 7.02. The van der Waals surface area contributed by atoms with E-state index in [0.717, 1.165) is 0 Å². The Balaban J connectivity index is 2.70. The minimum atomic E-state index is -0.426. The Kier molecular flexibility index (Phi) is 3.27. The highest BCUT2D eigenvalue weighted by Crippen LogP contribution is 2.06. The highest BCUT2D eigenvalue weighted by Gasteiger charge is 2.07. The summed E-state index contributed by atoms with van der Waals surface area (Å²) in [6.07, 6.45) is 1.22. The molecule has 1 aromatic heterocycles. The first-order valence-corrected chi connectivity index (χ1v) is 4.29. The van der Waals surface area contributed by atoms with E-state index >= 15 is 0 Å². The van der Waals surface area contributed by atoms with Gasteiger partial charge in [0.15, 0.2) is 5.82 Å². The minimum Gasteiger partial charge on any atom is -0.391 e. The number of anilines is 2. The minimum absolute atomic E-state index is 0.0240. The quantitative estimate of drug-likeness (QED) is 0.585. The van der Waals surface area contributed by atoms with Gasteiger partial charge in [-0.1, -0.05) is 0 Å². The van der Waals surface area contributed by atoms with Crippen LogP contribution in [0, 0.1) is 0 Å². The Morgan fingerprint density at radius 1 is 1.67 bits per heavy atom. The lowest BCUT2D eigenvalue weighted by molar-refractivity contribution is -0.126. The summed E-state index contributed by atoms with van der Waals surface area (Å²) >= 11 is 0. The molecular weight excluding hydrogens is 198 g/mol. The molecule has 4 N–H and O–H groups in total. The number of hydrogen-bond acceptors (Lipinski definition) is 5. The Morgan fingerprint density at radius 2 is 2.33 bits per heavy atom. The largest absolute Gasteiger partial charge is 0.391 e. The number of aromatic amines is 1. The number of nitrogens with zero attached hydrogens (tertiary/aromatic N) is 2. The Morgan fingerprint density at radius 3 is 2.93 bits per heavy atom. The summed E-state index contributed by atoms with van der Waals surface area (Å²) < 4.78 is 0. The van der Waals surface area contributed by atoms with Crippen molar-refractivity contribution >= 4 is 17.4 Å². The van der Waals surface area contributed by atoms with Crippen molar-refractivity contribution in [1.29, 1.82) is 0 Å². The number of carbonyl (C=O) groups excluding carboxylic acids is 1. The van der Waals surface area contributed by atoms with Gasteiger partial charge in [-0.25, -0.2) is 4.98 Å². The van der Waals surface area contributed by atoms with Gasteiger partial charge in [0.2, 0.25) is 5.91 Å². The molecule has 0 saturated heterocycles. The average molecular weight is 211 g/mol. The van der Waals surface area contributed by atoms with Crippen molar-refractivity contribution in [2.24, 2.45) is 0 Å². The smallest absolute Gasteiger partial charge is 0.276 e. The van der Waals surface area contributed by atoms with Gasteiger partial charge >= 0.3 is 0 Å². The number of nitrogen functional groups attached to an aromatic ring is 1. The number of hydrogen-bond donors (Lipinski definition) is 3. The van der Waals surface area contributed by atoms with Crippen molar-refractivity contribution in [2.45, 2.75) is 0 Å². The van der Waals surface area contributed by atoms with Crippen LogP contribution < -0.4 is 16.6 Å². The van der Waals surface area contributed by atoms with Gasteiger partial charge < -0.3 is 20.9 Å². The predicted octanol–water partition coefficient (Wildman–Crippen LogP) is -1.15. The van der Waals surface area contributed by atoms with Crippen molar-refractivity contribution in [1.82, 2.24) is 14.9 Å². The first kappa shape index (κ1) is 11.0.